The quantitative estimate of drug-likeness (QED) is 0.550. The van der Waals surface area contributed by atoms with E-state index in [1.165, 1.54) is 0 Å². The Bertz CT molecular complexity index is 1200. The molecule has 0 saturated carbocycles. The summed E-state index contributed by atoms with van der Waals surface area (Å²) >= 11 is 0. The van der Waals surface area contributed by atoms with Crippen molar-refractivity contribution in [3.05, 3.63) is 95.6 Å². The second-order valence-corrected chi connectivity index (χ2v) is 8.65. The number of para-hydroxylation sites is 2. The molecule has 0 N–H and O–H groups in total. The maximum absolute atomic E-state index is 13.5. The van der Waals surface area contributed by atoms with E-state index in [0.29, 0.717) is 28.1 Å². The minimum Gasteiger partial charge on any atom is -0.476 e. The van der Waals surface area contributed by atoms with Gasteiger partial charge in [0.15, 0.2) is 11.9 Å². The van der Waals surface area contributed by atoms with Gasteiger partial charge in [-0.15, -0.1) is 0 Å². The first kappa shape index (κ1) is 21.9. The Morgan fingerprint density at radius 2 is 1.32 bits per heavy atom. The smallest absolute Gasteiger partial charge is 0.265 e. The minimum absolute atomic E-state index is 0.0733. The Hall–Kier alpha value is -3.93. The molecule has 0 aromatic heterocycles. The van der Waals surface area contributed by atoms with Crippen LogP contribution in [0.1, 0.15) is 45.5 Å². The fourth-order valence-electron chi connectivity index (χ4n) is 4.55. The molecule has 6 nitrogen and oxygen atoms in total. The van der Waals surface area contributed by atoms with Crippen molar-refractivity contribution in [1.82, 2.24) is 4.90 Å². The van der Waals surface area contributed by atoms with Crippen molar-refractivity contribution in [2.45, 2.75) is 25.4 Å². The van der Waals surface area contributed by atoms with Gasteiger partial charge in [0.05, 0.1) is 12.2 Å². The Morgan fingerprint density at radius 3 is 2.06 bits per heavy atom. The Labute approximate surface area is 198 Å². The van der Waals surface area contributed by atoms with Gasteiger partial charge in [-0.25, -0.2) is 0 Å². The average molecular weight is 455 g/mol. The summed E-state index contributed by atoms with van der Waals surface area (Å²) in [4.78, 5) is 42.8. The van der Waals surface area contributed by atoms with Crippen molar-refractivity contribution in [3.63, 3.8) is 0 Å². The standard InChI is InChI=1S/C28H26N2O4/c31-26(20-9-3-1-4-10-20)21-13-15-22(16-14-21)27(32)30-19-25(28(33)29-17-7-2-8-18-29)34-24-12-6-5-11-23(24)30/h1,3-6,9-16,25H,2,7-8,17-19H2/t25-/m1/s1. The Kier molecular flexibility index (Phi) is 6.12. The lowest BCUT2D eigenvalue weighted by Crippen LogP contribution is -2.52. The number of ketones is 1. The number of carbonyl (C=O) groups is 3. The molecule has 2 heterocycles. The first-order chi connectivity index (χ1) is 16.6. The van der Waals surface area contributed by atoms with E-state index >= 15 is 0 Å². The summed E-state index contributed by atoms with van der Waals surface area (Å²) < 4.78 is 6.03. The van der Waals surface area contributed by atoms with Gasteiger partial charge in [-0.2, -0.15) is 0 Å². The predicted molar refractivity (Wildman–Crippen MR) is 129 cm³/mol. The second-order valence-electron chi connectivity index (χ2n) is 8.65. The fourth-order valence-corrected chi connectivity index (χ4v) is 4.55. The molecule has 3 aromatic rings. The number of hydrogen-bond acceptors (Lipinski definition) is 4. The highest BCUT2D eigenvalue weighted by Gasteiger charge is 2.36. The SMILES string of the molecule is O=C(c1ccccc1)c1ccc(C(=O)N2C[C@H](C(=O)N3CCCCC3)Oc3ccccc32)cc1. The molecule has 2 aliphatic heterocycles. The van der Waals surface area contributed by atoms with Gasteiger partial charge >= 0.3 is 0 Å². The highest BCUT2D eigenvalue weighted by atomic mass is 16.5. The summed E-state index contributed by atoms with van der Waals surface area (Å²) in [5.74, 6) is 0.124. The van der Waals surface area contributed by atoms with Gasteiger partial charge in [0.2, 0.25) is 0 Å². The summed E-state index contributed by atoms with van der Waals surface area (Å²) in [5, 5.41) is 0. The Morgan fingerprint density at radius 1 is 0.706 bits per heavy atom. The zero-order chi connectivity index (χ0) is 23.5. The number of fused-ring (bicyclic) bond motifs is 1. The van der Waals surface area contributed by atoms with Crippen LogP contribution in [0.5, 0.6) is 5.75 Å². The summed E-state index contributed by atoms with van der Waals surface area (Å²) in [6.45, 7) is 1.60. The van der Waals surface area contributed by atoms with E-state index in [4.69, 9.17) is 4.74 Å². The van der Waals surface area contributed by atoms with Gasteiger partial charge in [0.1, 0.15) is 5.75 Å². The van der Waals surface area contributed by atoms with Crippen LogP contribution in [0.4, 0.5) is 5.69 Å². The maximum atomic E-state index is 13.5. The van der Waals surface area contributed by atoms with Crippen LogP contribution < -0.4 is 9.64 Å². The molecule has 1 atom stereocenters. The third-order valence-corrected chi connectivity index (χ3v) is 6.39. The molecule has 172 valence electrons. The van der Waals surface area contributed by atoms with Crippen LogP contribution in [0.3, 0.4) is 0 Å². The van der Waals surface area contributed by atoms with Crippen LogP contribution in [0.25, 0.3) is 0 Å². The number of carbonyl (C=O) groups excluding carboxylic acids is 3. The molecule has 0 radical (unpaired) electrons. The molecule has 6 heteroatoms. The first-order valence-electron chi connectivity index (χ1n) is 11.7. The summed E-state index contributed by atoms with van der Waals surface area (Å²) in [6, 6.07) is 23.0. The molecule has 0 bridgehead atoms. The highest BCUT2D eigenvalue weighted by Crippen LogP contribution is 2.34. The fraction of sp³-hybridized carbons (Fsp3) is 0.250. The van der Waals surface area contributed by atoms with Crippen molar-refractivity contribution >= 4 is 23.3 Å². The number of piperidine rings is 1. The molecule has 0 spiro atoms. The number of ether oxygens (including phenoxy) is 1. The topological polar surface area (TPSA) is 66.9 Å². The molecular weight excluding hydrogens is 428 g/mol. The first-order valence-corrected chi connectivity index (χ1v) is 11.7. The lowest BCUT2D eigenvalue weighted by atomic mass is 10.0. The van der Waals surface area contributed by atoms with E-state index in [-0.39, 0.29) is 24.1 Å². The van der Waals surface area contributed by atoms with Gasteiger partial charge in [-0.05, 0) is 43.5 Å². The molecule has 34 heavy (non-hydrogen) atoms. The van der Waals surface area contributed by atoms with Gasteiger partial charge in [-0.3, -0.25) is 14.4 Å². The molecule has 2 aliphatic rings. The number of amides is 2. The van der Waals surface area contributed by atoms with E-state index in [2.05, 4.69) is 0 Å². The number of likely N-dealkylation sites (tertiary alicyclic amines) is 1. The monoisotopic (exact) mass is 454 g/mol. The number of anilines is 1. The molecule has 0 aliphatic carbocycles. The third kappa shape index (κ3) is 4.31. The largest absolute Gasteiger partial charge is 0.476 e. The predicted octanol–water partition coefficient (Wildman–Crippen LogP) is 4.34. The lowest BCUT2D eigenvalue weighted by molar-refractivity contribution is -0.139. The van der Waals surface area contributed by atoms with E-state index < -0.39 is 6.10 Å². The Balaban J connectivity index is 1.38. The van der Waals surface area contributed by atoms with E-state index in [1.807, 2.05) is 41.3 Å². The van der Waals surface area contributed by atoms with Crippen molar-refractivity contribution < 1.29 is 19.1 Å². The normalized spacial score (nSPS) is 17.5. The molecule has 2 amide bonds. The van der Waals surface area contributed by atoms with Gasteiger partial charge < -0.3 is 14.5 Å². The summed E-state index contributed by atoms with van der Waals surface area (Å²) in [7, 11) is 0. The highest BCUT2D eigenvalue weighted by molar-refractivity contribution is 6.11. The van der Waals surface area contributed by atoms with Crippen molar-refractivity contribution in [2.24, 2.45) is 0 Å². The lowest BCUT2D eigenvalue weighted by Gasteiger charge is -2.37. The van der Waals surface area contributed by atoms with Crippen LogP contribution in [0, 0.1) is 0 Å². The van der Waals surface area contributed by atoms with Gasteiger partial charge in [-0.1, -0.05) is 54.6 Å². The molecule has 1 fully saturated rings. The number of hydrogen-bond donors (Lipinski definition) is 0. The summed E-state index contributed by atoms with van der Waals surface area (Å²) in [6.07, 6.45) is 2.37. The van der Waals surface area contributed by atoms with Gasteiger partial charge in [0, 0.05) is 29.8 Å². The van der Waals surface area contributed by atoms with Crippen LogP contribution >= 0.6 is 0 Å². The number of benzene rings is 3. The van der Waals surface area contributed by atoms with Crippen LogP contribution in [0.2, 0.25) is 0 Å². The average Bonchev–Trinajstić information content (AvgIpc) is 2.92. The zero-order valence-corrected chi connectivity index (χ0v) is 18.9. The minimum atomic E-state index is -0.740. The van der Waals surface area contributed by atoms with Crippen molar-refractivity contribution in [3.8, 4) is 5.75 Å². The molecular formula is C28H26N2O4. The van der Waals surface area contributed by atoms with Crippen molar-refractivity contribution in [2.75, 3.05) is 24.5 Å². The van der Waals surface area contributed by atoms with E-state index in [9.17, 15) is 14.4 Å². The molecule has 3 aromatic carbocycles. The molecule has 1 saturated heterocycles. The molecule has 5 rings (SSSR count). The van der Waals surface area contributed by atoms with Crippen LogP contribution in [0.15, 0.2) is 78.9 Å². The van der Waals surface area contributed by atoms with Gasteiger partial charge in [0.25, 0.3) is 11.8 Å². The second kappa shape index (κ2) is 9.51. The third-order valence-electron chi connectivity index (χ3n) is 6.39. The molecule has 0 unspecified atom stereocenters. The number of rotatable bonds is 4. The van der Waals surface area contributed by atoms with Crippen molar-refractivity contribution in [1.29, 1.82) is 0 Å². The zero-order valence-electron chi connectivity index (χ0n) is 18.9. The summed E-state index contributed by atoms with van der Waals surface area (Å²) in [5.41, 5.74) is 2.20. The van der Waals surface area contributed by atoms with E-state index in [0.717, 1.165) is 32.4 Å². The van der Waals surface area contributed by atoms with E-state index in [1.54, 1.807) is 47.4 Å². The number of nitrogens with zero attached hydrogens (tertiary/aromatic N) is 2. The van der Waals surface area contributed by atoms with Crippen LogP contribution in [-0.4, -0.2) is 48.2 Å². The van der Waals surface area contributed by atoms with Crippen LogP contribution in [-0.2, 0) is 4.79 Å². The maximum Gasteiger partial charge on any atom is 0.265 e.